The van der Waals surface area contributed by atoms with Crippen LogP contribution in [0.15, 0.2) is 6.20 Å². The molecule has 0 amide bonds. The minimum atomic E-state index is 0.0310. The lowest BCUT2D eigenvalue weighted by molar-refractivity contribution is -0.0813. The Morgan fingerprint density at radius 3 is 2.85 bits per heavy atom. The zero-order valence-corrected chi connectivity index (χ0v) is 8.05. The molecule has 0 bridgehead atoms. The van der Waals surface area contributed by atoms with Crippen LogP contribution in [0.5, 0.6) is 5.88 Å². The van der Waals surface area contributed by atoms with Gasteiger partial charge in [0.25, 0.3) is 0 Å². The molecule has 0 atom stereocenters. The molecule has 0 saturated carbocycles. The Labute approximate surface area is 84.8 Å². The van der Waals surface area contributed by atoms with Crippen molar-refractivity contribution in [1.29, 1.82) is 0 Å². The Bertz CT molecular complexity index is 317. The van der Waals surface area contributed by atoms with Crippen molar-refractivity contribution in [1.82, 2.24) is 9.97 Å². The lowest BCUT2D eigenvalue weighted by Crippen LogP contribution is -2.38. The summed E-state index contributed by atoms with van der Waals surface area (Å²) < 4.78 is 10.3. The maximum Gasteiger partial charge on any atom is 0.237 e. The van der Waals surface area contributed by atoms with Gasteiger partial charge in [-0.25, -0.2) is 4.98 Å². The predicted molar refractivity (Wildman–Crippen MR) is 47.3 cm³/mol. The number of rotatable bonds is 2. The first-order valence-electron chi connectivity index (χ1n) is 3.68. The van der Waals surface area contributed by atoms with Crippen LogP contribution in [0, 0.1) is 0 Å². The van der Waals surface area contributed by atoms with Crippen molar-refractivity contribution in [2.45, 2.75) is 6.10 Å². The molecule has 13 heavy (non-hydrogen) atoms. The molecule has 1 aliphatic heterocycles. The van der Waals surface area contributed by atoms with Crippen LogP contribution in [0.25, 0.3) is 0 Å². The first-order valence-corrected chi connectivity index (χ1v) is 4.44. The van der Waals surface area contributed by atoms with Crippen molar-refractivity contribution < 1.29 is 9.47 Å². The van der Waals surface area contributed by atoms with E-state index in [9.17, 15) is 0 Å². The van der Waals surface area contributed by atoms with Crippen LogP contribution >= 0.6 is 23.2 Å². The minimum Gasteiger partial charge on any atom is -0.468 e. The molecule has 0 unspecified atom stereocenters. The molecule has 0 aromatic carbocycles. The normalized spacial score (nSPS) is 16.8. The van der Waals surface area contributed by atoms with Crippen molar-refractivity contribution >= 4 is 23.2 Å². The van der Waals surface area contributed by atoms with E-state index in [1.807, 2.05) is 0 Å². The molecule has 1 aromatic rings. The Balaban J connectivity index is 2.13. The highest BCUT2D eigenvalue weighted by molar-refractivity contribution is 6.32. The third kappa shape index (κ3) is 2.02. The fraction of sp³-hybridized carbons (Fsp3) is 0.429. The van der Waals surface area contributed by atoms with Crippen LogP contribution in [0.3, 0.4) is 0 Å². The topological polar surface area (TPSA) is 44.2 Å². The van der Waals surface area contributed by atoms with Crippen molar-refractivity contribution in [3.63, 3.8) is 0 Å². The molecule has 0 N–H and O–H groups in total. The highest BCUT2D eigenvalue weighted by Gasteiger charge is 2.22. The van der Waals surface area contributed by atoms with Crippen LogP contribution in [0.4, 0.5) is 0 Å². The lowest BCUT2D eigenvalue weighted by atomic mass is 10.3. The van der Waals surface area contributed by atoms with E-state index in [0.29, 0.717) is 24.1 Å². The van der Waals surface area contributed by atoms with Gasteiger partial charge in [-0.05, 0) is 11.6 Å². The van der Waals surface area contributed by atoms with Crippen LogP contribution in [-0.2, 0) is 4.74 Å². The fourth-order valence-electron chi connectivity index (χ4n) is 0.854. The second-order valence-corrected chi connectivity index (χ2v) is 3.31. The van der Waals surface area contributed by atoms with Gasteiger partial charge in [-0.1, -0.05) is 11.6 Å². The fourth-order valence-corrected chi connectivity index (χ4v) is 1.12. The molecular weight excluding hydrogens is 215 g/mol. The van der Waals surface area contributed by atoms with E-state index in [1.54, 1.807) is 0 Å². The van der Waals surface area contributed by atoms with Crippen molar-refractivity contribution in [2.24, 2.45) is 0 Å². The summed E-state index contributed by atoms with van der Waals surface area (Å²) in [6, 6.07) is 0. The smallest absolute Gasteiger partial charge is 0.237 e. The molecule has 2 rings (SSSR count). The number of hydrogen-bond donors (Lipinski definition) is 0. The lowest BCUT2D eigenvalue weighted by Gasteiger charge is -2.26. The molecular formula is C7H6Cl2N2O2. The molecule has 1 aromatic heterocycles. The number of hydrogen-bond acceptors (Lipinski definition) is 4. The SMILES string of the molecule is Clc1ncc(Cl)c(OC2COC2)n1. The van der Waals surface area contributed by atoms with Gasteiger partial charge in [-0.3, -0.25) is 0 Å². The zero-order chi connectivity index (χ0) is 9.26. The third-order valence-corrected chi connectivity index (χ3v) is 2.01. The standard InChI is InChI=1S/C7H6Cl2N2O2/c8-5-1-10-7(9)11-6(5)13-4-2-12-3-4/h1,4H,2-3H2. The highest BCUT2D eigenvalue weighted by atomic mass is 35.5. The van der Waals surface area contributed by atoms with Crippen LogP contribution in [0.1, 0.15) is 0 Å². The van der Waals surface area contributed by atoms with Crippen molar-refractivity contribution in [3.8, 4) is 5.88 Å². The summed E-state index contributed by atoms with van der Waals surface area (Å²) in [6.07, 6.45) is 1.44. The van der Waals surface area contributed by atoms with Gasteiger partial charge in [0.05, 0.1) is 19.4 Å². The maximum absolute atomic E-state index is 5.77. The molecule has 0 aliphatic carbocycles. The monoisotopic (exact) mass is 220 g/mol. The van der Waals surface area contributed by atoms with Gasteiger partial charge in [0, 0.05) is 0 Å². The summed E-state index contributed by atoms with van der Waals surface area (Å²) in [4.78, 5) is 7.54. The Morgan fingerprint density at radius 1 is 1.46 bits per heavy atom. The van der Waals surface area contributed by atoms with Gasteiger partial charge >= 0.3 is 0 Å². The van der Waals surface area contributed by atoms with Crippen LogP contribution in [0.2, 0.25) is 10.3 Å². The van der Waals surface area contributed by atoms with Gasteiger partial charge in [0.15, 0.2) is 0 Å². The Morgan fingerprint density at radius 2 is 2.23 bits per heavy atom. The summed E-state index contributed by atoms with van der Waals surface area (Å²) in [5.41, 5.74) is 0. The average molecular weight is 221 g/mol. The maximum atomic E-state index is 5.77. The van der Waals surface area contributed by atoms with E-state index in [1.165, 1.54) is 6.20 Å². The average Bonchev–Trinajstić information content (AvgIpc) is 2.03. The van der Waals surface area contributed by atoms with Gasteiger partial charge in [-0.2, -0.15) is 4.98 Å². The third-order valence-electron chi connectivity index (χ3n) is 1.57. The molecule has 0 spiro atoms. The van der Waals surface area contributed by atoms with Gasteiger partial charge in [-0.15, -0.1) is 0 Å². The Hall–Kier alpha value is -0.580. The van der Waals surface area contributed by atoms with Gasteiger partial charge in [0.2, 0.25) is 11.2 Å². The summed E-state index contributed by atoms with van der Waals surface area (Å²) in [5.74, 6) is 0.315. The molecule has 1 saturated heterocycles. The number of halogens is 2. The highest BCUT2D eigenvalue weighted by Crippen LogP contribution is 2.24. The van der Waals surface area contributed by atoms with E-state index in [4.69, 9.17) is 32.7 Å². The molecule has 6 heteroatoms. The second-order valence-electron chi connectivity index (χ2n) is 2.57. The molecule has 70 valence electrons. The van der Waals surface area contributed by atoms with Crippen molar-refractivity contribution in [2.75, 3.05) is 13.2 Å². The number of nitrogens with zero attached hydrogens (tertiary/aromatic N) is 2. The molecule has 1 aliphatic rings. The van der Waals surface area contributed by atoms with Crippen LogP contribution in [-0.4, -0.2) is 29.3 Å². The summed E-state index contributed by atoms with van der Waals surface area (Å²) >= 11 is 11.3. The largest absolute Gasteiger partial charge is 0.468 e. The van der Waals surface area contributed by atoms with E-state index in [-0.39, 0.29) is 11.4 Å². The second kappa shape index (κ2) is 3.65. The quantitative estimate of drug-likeness (QED) is 0.711. The first kappa shape index (κ1) is 8.99. The van der Waals surface area contributed by atoms with E-state index < -0.39 is 0 Å². The van der Waals surface area contributed by atoms with E-state index in [0.717, 1.165) is 0 Å². The number of ether oxygens (including phenoxy) is 2. The minimum absolute atomic E-state index is 0.0310. The number of aromatic nitrogens is 2. The van der Waals surface area contributed by atoms with Gasteiger partial charge < -0.3 is 9.47 Å². The molecule has 0 radical (unpaired) electrons. The molecule has 4 nitrogen and oxygen atoms in total. The first-order chi connectivity index (χ1) is 6.25. The van der Waals surface area contributed by atoms with Crippen molar-refractivity contribution in [3.05, 3.63) is 16.5 Å². The zero-order valence-electron chi connectivity index (χ0n) is 6.54. The summed E-state index contributed by atoms with van der Waals surface area (Å²) in [7, 11) is 0. The van der Waals surface area contributed by atoms with Crippen LogP contribution < -0.4 is 4.74 Å². The molecule has 2 heterocycles. The summed E-state index contributed by atoms with van der Waals surface area (Å²) in [5, 5.41) is 0.482. The molecule has 1 fully saturated rings. The van der Waals surface area contributed by atoms with E-state index in [2.05, 4.69) is 9.97 Å². The summed E-state index contributed by atoms with van der Waals surface area (Å²) in [6.45, 7) is 1.13. The Kier molecular flexibility index (Phi) is 2.53. The van der Waals surface area contributed by atoms with E-state index >= 15 is 0 Å². The van der Waals surface area contributed by atoms with Gasteiger partial charge in [0.1, 0.15) is 11.1 Å². The predicted octanol–water partition coefficient (Wildman–Crippen LogP) is 1.56.